The Morgan fingerprint density at radius 3 is 2.71 bits per heavy atom. The van der Waals surface area contributed by atoms with Gasteiger partial charge in [-0.2, -0.15) is 0 Å². The van der Waals surface area contributed by atoms with Crippen LogP contribution in [-0.4, -0.2) is 23.7 Å². The van der Waals surface area contributed by atoms with Crippen LogP contribution >= 0.6 is 0 Å². The second-order valence-electron chi connectivity index (χ2n) is 5.72. The standard InChI is InChI=1S/C19H19NO4/c1-2-24-19(23)15-7-4-8-16(17(15)18(21)22)20-14-10-9-12-5-3-6-13(12)11-14/h4,7-11,20H,2-3,5-6H2,1H3,(H,21,22). The van der Waals surface area contributed by atoms with Crippen molar-refractivity contribution >= 4 is 23.3 Å². The van der Waals surface area contributed by atoms with Gasteiger partial charge in [-0.3, -0.25) is 0 Å². The van der Waals surface area contributed by atoms with Gasteiger partial charge >= 0.3 is 11.9 Å². The fourth-order valence-electron chi connectivity index (χ4n) is 3.07. The highest BCUT2D eigenvalue weighted by Gasteiger charge is 2.21. The summed E-state index contributed by atoms with van der Waals surface area (Å²) < 4.78 is 4.95. The number of aryl methyl sites for hydroxylation is 2. The molecule has 0 saturated carbocycles. The number of aromatic carboxylic acids is 1. The lowest BCUT2D eigenvalue weighted by atomic mass is 10.0. The fourth-order valence-corrected chi connectivity index (χ4v) is 3.07. The van der Waals surface area contributed by atoms with E-state index in [1.165, 1.54) is 17.2 Å². The lowest BCUT2D eigenvalue weighted by molar-refractivity contribution is 0.0515. The Balaban J connectivity index is 1.97. The van der Waals surface area contributed by atoms with Crippen LogP contribution in [0.5, 0.6) is 0 Å². The number of fused-ring (bicyclic) bond motifs is 1. The number of hydrogen-bond donors (Lipinski definition) is 2. The van der Waals surface area contributed by atoms with Crippen molar-refractivity contribution < 1.29 is 19.4 Å². The first kappa shape index (κ1) is 16.1. The maximum Gasteiger partial charge on any atom is 0.339 e. The molecule has 5 nitrogen and oxygen atoms in total. The first-order chi connectivity index (χ1) is 11.6. The van der Waals surface area contributed by atoms with Gasteiger partial charge < -0.3 is 15.2 Å². The van der Waals surface area contributed by atoms with Crippen molar-refractivity contribution in [2.24, 2.45) is 0 Å². The molecule has 0 radical (unpaired) electrons. The largest absolute Gasteiger partial charge is 0.478 e. The molecule has 24 heavy (non-hydrogen) atoms. The van der Waals surface area contributed by atoms with Crippen molar-refractivity contribution in [3.63, 3.8) is 0 Å². The molecule has 3 rings (SSSR count). The number of benzene rings is 2. The predicted octanol–water partition coefficient (Wildman–Crippen LogP) is 3.79. The normalized spacial score (nSPS) is 12.5. The number of ether oxygens (including phenoxy) is 1. The molecule has 5 heteroatoms. The number of esters is 1. The molecule has 0 saturated heterocycles. The van der Waals surface area contributed by atoms with Crippen LogP contribution in [0.4, 0.5) is 11.4 Å². The molecular weight excluding hydrogens is 306 g/mol. The number of rotatable bonds is 5. The molecule has 0 atom stereocenters. The van der Waals surface area contributed by atoms with Crippen molar-refractivity contribution in [2.75, 3.05) is 11.9 Å². The molecule has 0 aromatic heterocycles. The summed E-state index contributed by atoms with van der Waals surface area (Å²) in [6.45, 7) is 1.88. The molecule has 0 heterocycles. The van der Waals surface area contributed by atoms with Gasteiger partial charge in [-0.15, -0.1) is 0 Å². The predicted molar refractivity (Wildman–Crippen MR) is 91.1 cm³/mol. The summed E-state index contributed by atoms with van der Waals surface area (Å²) in [6.07, 6.45) is 3.28. The Bertz CT molecular complexity index is 798. The van der Waals surface area contributed by atoms with Crippen LogP contribution in [0.15, 0.2) is 36.4 Å². The Kier molecular flexibility index (Phi) is 4.51. The van der Waals surface area contributed by atoms with Gasteiger partial charge in [0.1, 0.15) is 0 Å². The summed E-state index contributed by atoms with van der Waals surface area (Å²) in [6, 6.07) is 10.8. The second kappa shape index (κ2) is 6.74. The fraction of sp³-hybridized carbons (Fsp3) is 0.263. The first-order valence-electron chi connectivity index (χ1n) is 8.02. The first-order valence-corrected chi connectivity index (χ1v) is 8.02. The highest BCUT2D eigenvalue weighted by atomic mass is 16.5. The van der Waals surface area contributed by atoms with Crippen molar-refractivity contribution in [3.05, 3.63) is 58.7 Å². The van der Waals surface area contributed by atoms with Gasteiger partial charge in [0, 0.05) is 5.69 Å². The van der Waals surface area contributed by atoms with Crippen molar-refractivity contribution in [2.45, 2.75) is 26.2 Å². The SMILES string of the molecule is CCOC(=O)c1cccc(Nc2ccc3c(c2)CCC3)c1C(=O)O. The van der Waals surface area contributed by atoms with Crippen LogP contribution in [0.25, 0.3) is 0 Å². The molecule has 0 unspecified atom stereocenters. The van der Waals surface area contributed by atoms with Crippen LogP contribution in [0, 0.1) is 0 Å². The second-order valence-corrected chi connectivity index (χ2v) is 5.72. The molecule has 0 spiro atoms. The molecule has 0 fully saturated rings. The van der Waals surface area contributed by atoms with Crippen LogP contribution in [0.2, 0.25) is 0 Å². The van der Waals surface area contributed by atoms with E-state index < -0.39 is 11.9 Å². The number of carbonyl (C=O) groups excluding carboxylic acids is 1. The van der Waals surface area contributed by atoms with Gasteiger partial charge in [0.2, 0.25) is 0 Å². The zero-order chi connectivity index (χ0) is 17.1. The minimum absolute atomic E-state index is 0.0514. The van der Waals surface area contributed by atoms with Crippen LogP contribution in [-0.2, 0) is 17.6 Å². The molecule has 1 aliphatic carbocycles. The number of nitrogens with one attached hydrogen (secondary N) is 1. The van der Waals surface area contributed by atoms with Gasteiger partial charge in [-0.1, -0.05) is 12.1 Å². The highest BCUT2D eigenvalue weighted by Crippen LogP contribution is 2.29. The quantitative estimate of drug-likeness (QED) is 0.818. The molecular formula is C19H19NO4. The van der Waals surface area contributed by atoms with Crippen molar-refractivity contribution in [3.8, 4) is 0 Å². The number of hydrogen-bond acceptors (Lipinski definition) is 4. The van der Waals surface area contributed by atoms with Crippen molar-refractivity contribution in [1.82, 2.24) is 0 Å². The number of carboxylic acid groups (broad SMARTS) is 1. The summed E-state index contributed by atoms with van der Waals surface area (Å²) in [4.78, 5) is 23.7. The van der Waals surface area contributed by atoms with Gasteiger partial charge in [0.05, 0.1) is 23.4 Å². The minimum atomic E-state index is -1.16. The third kappa shape index (κ3) is 3.11. The van der Waals surface area contributed by atoms with E-state index in [9.17, 15) is 14.7 Å². The molecule has 0 aliphatic heterocycles. The summed E-state index contributed by atoms with van der Waals surface area (Å²) in [5, 5.41) is 12.7. The smallest absolute Gasteiger partial charge is 0.339 e. The lowest BCUT2D eigenvalue weighted by Crippen LogP contribution is -2.13. The van der Waals surface area contributed by atoms with Gasteiger partial charge in [-0.25, -0.2) is 9.59 Å². The maximum absolute atomic E-state index is 12.0. The molecule has 1 aliphatic rings. The molecule has 2 aromatic rings. The van der Waals surface area contributed by atoms with Crippen LogP contribution < -0.4 is 5.32 Å². The van der Waals surface area contributed by atoms with E-state index in [4.69, 9.17) is 4.74 Å². The van der Waals surface area contributed by atoms with Gasteiger partial charge in [0.15, 0.2) is 0 Å². The van der Waals surface area contributed by atoms with Gasteiger partial charge in [0.25, 0.3) is 0 Å². The summed E-state index contributed by atoms with van der Waals surface area (Å²) in [5.41, 5.74) is 3.81. The Morgan fingerprint density at radius 2 is 1.96 bits per heavy atom. The minimum Gasteiger partial charge on any atom is -0.478 e. The van der Waals surface area contributed by atoms with Crippen LogP contribution in [0.3, 0.4) is 0 Å². The van der Waals surface area contributed by atoms with E-state index in [0.29, 0.717) is 5.69 Å². The molecule has 2 aromatic carbocycles. The topological polar surface area (TPSA) is 75.6 Å². The number of anilines is 2. The average molecular weight is 325 g/mol. The summed E-state index contributed by atoms with van der Waals surface area (Å²) in [5.74, 6) is -1.80. The number of carboxylic acids is 1. The molecule has 0 bridgehead atoms. The highest BCUT2D eigenvalue weighted by molar-refractivity contribution is 6.06. The van der Waals surface area contributed by atoms with E-state index in [1.807, 2.05) is 12.1 Å². The van der Waals surface area contributed by atoms with E-state index >= 15 is 0 Å². The number of carbonyl (C=O) groups is 2. The van der Waals surface area contributed by atoms with Crippen LogP contribution in [0.1, 0.15) is 45.2 Å². The maximum atomic E-state index is 12.0. The Morgan fingerprint density at radius 1 is 1.17 bits per heavy atom. The van der Waals surface area contributed by atoms with Gasteiger partial charge in [-0.05, 0) is 61.6 Å². The molecule has 2 N–H and O–H groups in total. The molecule has 124 valence electrons. The summed E-state index contributed by atoms with van der Waals surface area (Å²) in [7, 11) is 0. The Hall–Kier alpha value is -2.82. The van der Waals surface area contributed by atoms with E-state index in [1.54, 1.807) is 19.1 Å². The lowest BCUT2D eigenvalue weighted by Gasteiger charge is -2.14. The Labute approximate surface area is 140 Å². The monoisotopic (exact) mass is 325 g/mol. The average Bonchev–Trinajstić information content (AvgIpc) is 3.02. The third-order valence-electron chi connectivity index (χ3n) is 4.15. The zero-order valence-electron chi connectivity index (χ0n) is 13.5. The third-order valence-corrected chi connectivity index (χ3v) is 4.15. The zero-order valence-corrected chi connectivity index (χ0v) is 13.5. The van der Waals surface area contributed by atoms with E-state index in [0.717, 1.165) is 24.9 Å². The molecule has 0 amide bonds. The summed E-state index contributed by atoms with van der Waals surface area (Å²) >= 11 is 0. The van der Waals surface area contributed by atoms with E-state index in [2.05, 4.69) is 11.4 Å². The van der Waals surface area contributed by atoms with E-state index in [-0.39, 0.29) is 17.7 Å². The van der Waals surface area contributed by atoms with Crippen molar-refractivity contribution in [1.29, 1.82) is 0 Å².